The van der Waals surface area contributed by atoms with Crippen LogP contribution in [0.2, 0.25) is 0 Å². The summed E-state index contributed by atoms with van der Waals surface area (Å²) < 4.78 is 0. The molecular formula is C11H19N. The van der Waals surface area contributed by atoms with Crippen molar-refractivity contribution in [1.82, 2.24) is 5.32 Å². The molecule has 1 aromatic carbocycles. The molecule has 0 aliphatic heterocycles. The van der Waals surface area contributed by atoms with Crippen molar-refractivity contribution in [2.24, 2.45) is 0 Å². The molecule has 1 heteroatoms. The van der Waals surface area contributed by atoms with Gasteiger partial charge in [-0.15, -0.1) is 0 Å². The van der Waals surface area contributed by atoms with Gasteiger partial charge in [0.25, 0.3) is 0 Å². The van der Waals surface area contributed by atoms with E-state index in [1.165, 1.54) is 11.1 Å². The maximum Gasteiger partial charge on any atom is 0.0202 e. The highest BCUT2D eigenvalue weighted by molar-refractivity contribution is 5.21. The van der Waals surface area contributed by atoms with Crippen LogP contribution in [0.3, 0.4) is 0 Å². The van der Waals surface area contributed by atoms with Crippen LogP contribution in [0.1, 0.15) is 25.0 Å². The first-order chi connectivity index (χ1) is 5.83. The molecule has 68 valence electrons. The molecule has 0 heterocycles. The van der Waals surface area contributed by atoms with E-state index in [0.717, 1.165) is 6.54 Å². The van der Waals surface area contributed by atoms with Crippen LogP contribution in [-0.2, 0) is 6.54 Å². The Hall–Kier alpha value is -0.820. The Morgan fingerprint density at radius 1 is 1.25 bits per heavy atom. The summed E-state index contributed by atoms with van der Waals surface area (Å²) in [5, 5.41) is 3.11. The fourth-order valence-electron chi connectivity index (χ4n) is 1.03. The molecular weight excluding hydrogens is 146 g/mol. The Balaban J connectivity index is 0.000000561. The van der Waals surface area contributed by atoms with Crippen LogP contribution in [0.25, 0.3) is 0 Å². The second-order valence-corrected chi connectivity index (χ2v) is 2.52. The van der Waals surface area contributed by atoms with Crippen LogP contribution in [-0.4, -0.2) is 7.05 Å². The SMILES string of the molecule is CC.CNCc1cccc(C)c1. The average Bonchev–Trinajstić information content (AvgIpc) is 2.09. The number of hydrogen-bond donors (Lipinski definition) is 1. The van der Waals surface area contributed by atoms with Crippen LogP contribution >= 0.6 is 0 Å². The van der Waals surface area contributed by atoms with Gasteiger partial charge < -0.3 is 5.32 Å². The minimum atomic E-state index is 0.960. The van der Waals surface area contributed by atoms with Crippen LogP contribution in [0.15, 0.2) is 24.3 Å². The summed E-state index contributed by atoms with van der Waals surface area (Å²) in [5.74, 6) is 0. The van der Waals surface area contributed by atoms with Gasteiger partial charge in [-0.3, -0.25) is 0 Å². The van der Waals surface area contributed by atoms with Crippen molar-refractivity contribution in [3.05, 3.63) is 35.4 Å². The van der Waals surface area contributed by atoms with E-state index in [4.69, 9.17) is 0 Å². The largest absolute Gasteiger partial charge is 0.316 e. The lowest BCUT2D eigenvalue weighted by molar-refractivity contribution is 0.817. The van der Waals surface area contributed by atoms with Gasteiger partial charge in [-0.05, 0) is 19.5 Å². The Morgan fingerprint density at radius 3 is 2.42 bits per heavy atom. The first kappa shape index (κ1) is 11.2. The van der Waals surface area contributed by atoms with Gasteiger partial charge in [0, 0.05) is 6.54 Å². The van der Waals surface area contributed by atoms with Crippen LogP contribution in [0.5, 0.6) is 0 Å². The standard InChI is InChI=1S/C9H13N.C2H6/c1-8-4-3-5-9(6-8)7-10-2;1-2/h3-6,10H,7H2,1-2H3;1-2H3. The molecule has 0 saturated heterocycles. The van der Waals surface area contributed by atoms with Gasteiger partial charge in [0.05, 0.1) is 0 Å². The molecule has 0 unspecified atom stereocenters. The minimum absolute atomic E-state index is 0.960. The molecule has 0 aromatic heterocycles. The predicted octanol–water partition coefficient (Wildman–Crippen LogP) is 2.74. The van der Waals surface area contributed by atoms with E-state index in [2.05, 4.69) is 36.5 Å². The second-order valence-electron chi connectivity index (χ2n) is 2.52. The zero-order valence-corrected chi connectivity index (χ0v) is 8.52. The highest BCUT2D eigenvalue weighted by atomic mass is 14.8. The van der Waals surface area contributed by atoms with Crippen molar-refractivity contribution < 1.29 is 0 Å². The molecule has 0 radical (unpaired) electrons. The zero-order chi connectivity index (χ0) is 9.40. The van der Waals surface area contributed by atoms with E-state index in [-0.39, 0.29) is 0 Å². The fraction of sp³-hybridized carbons (Fsp3) is 0.455. The summed E-state index contributed by atoms with van der Waals surface area (Å²) in [6.45, 7) is 7.07. The monoisotopic (exact) mass is 165 g/mol. The molecule has 12 heavy (non-hydrogen) atoms. The molecule has 0 atom stereocenters. The topological polar surface area (TPSA) is 12.0 Å². The molecule has 0 aliphatic rings. The predicted molar refractivity (Wildman–Crippen MR) is 55.3 cm³/mol. The van der Waals surface area contributed by atoms with Gasteiger partial charge in [-0.1, -0.05) is 43.7 Å². The molecule has 0 bridgehead atoms. The van der Waals surface area contributed by atoms with E-state index in [9.17, 15) is 0 Å². The normalized spacial score (nSPS) is 8.67. The molecule has 0 saturated carbocycles. The third kappa shape index (κ3) is 4.14. The summed E-state index contributed by atoms with van der Waals surface area (Å²) in [6, 6.07) is 8.52. The van der Waals surface area contributed by atoms with E-state index in [0.29, 0.717) is 0 Å². The molecule has 0 amide bonds. The van der Waals surface area contributed by atoms with Crippen molar-refractivity contribution in [1.29, 1.82) is 0 Å². The van der Waals surface area contributed by atoms with Crippen molar-refractivity contribution in [3.63, 3.8) is 0 Å². The van der Waals surface area contributed by atoms with Crippen molar-refractivity contribution in [2.45, 2.75) is 27.3 Å². The van der Waals surface area contributed by atoms with Gasteiger partial charge in [0.2, 0.25) is 0 Å². The quantitative estimate of drug-likeness (QED) is 0.710. The second kappa shape index (κ2) is 6.86. The first-order valence-electron chi connectivity index (χ1n) is 4.53. The van der Waals surface area contributed by atoms with Gasteiger partial charge in [-0.2, -0.15) is 0 Å². The summed E-state index contributed by atoms with van der Waals surface area (Å²) >= 11 is 0. The minimum Gasteiger partial charge on any atom is -0.316 e. The van der Waals surface area contributed by atoms with E-state index < -0.39 is 0 Å². The van der Waals surface area contributed by atoms with Gasteiger partial charge in [-0.25, -0.2) is 0 Å². The molecule has 0 fully saturated rings. The number of aryl methyl sites for hydroxylation is 1. The molecule has 1 aromatic rings. The van der Waals surface area contributed by atoms with Gasteiger partial charge in [0.1, 0.15) is 0 Å². The highest BCUT2D eigenvalue weighted by Crippen LogP contribution is 2.02. The molecule has 0 aliphatic carbocycles. The number of hydrogen-bond acceptors (Lipinski definition) is 1. The smallest absolute Gasteiger partial charge is 0.0202 e. The van der Waals surface area contributed by atoms with Crippen LogP contribution in [0.4, 0.5) is 0 Å². The number of rotatable bonds is 2. The highest BCUT2D eigenvalue weighted by Gasteiger charge is 1.88. The summed E-state index contributed by atoms with van der Waals surface area (Å²) in [5.41, 5.74) is 2.68. The van der Waals surface area contributed by atoms with E-state index in [1.54, 1.807) is 0 Å². The summed E-state index contributed by atoms with van der Waals surface area (Å²) in [7, 11) is 1.96. The van der Waals surface area contributed by atoms with Crippen molar-refractivity contribution >= 4 is 0 Å². The van der Waals surface area contributed by atoms with Crippen molar-refractivity contribution in [3.8, 4) is 0 Å². The average molecular weight is 165 g/mol. The Kier molecular flexibility index (Phi) is 6.39. The fourth-order valence-corrected chi connectivity index (χ4v) is 1.03. The zero-order valence-electron chi connectivity index (χ0n) is 8.52. The van der Waals surface area contributed by atoms with E-state index in [1.807, 2.05) is 20.9 Å². The van der Waals surface area contributed by atoms with Crippen molar-refractivity contribution in [2.75, 3.05) is 7.05 Å². The lowest BCUT2D eigenvalue weighted by atomic mass is 10.1. The summed E-state index contributed by atoms with van der Waals surface area (Å²) in [6.07, 6.45) is 0. The molecule has 1 nitrogen and oxygen atoms in total. The third-order valence-corrected chi connectivity index (χ3v) is 1.46. The molecule has 1 rings (SSSR count). The molecule has 0 spiro atoms. The maximum absolute atomic E-state index is 3.11. The van der Waals surface area contributed by atoms with E-state index >= 15 is 0 Å². The lowest BCUT2D eigenvalue weighted by Crippen LogP contribution is -2.04. The Bertz CT molecular complexity index is 206. The van der Waals surface area contributed by atoms with Crippen LogP contribution in [0, 0.1) is 6.92 Å². The number of nitrogens with one attached hydrogen (secondary N) is 1. The van der Waals surface area contributed by atoms with Gasteiger partial charge in [0.15, 0.2) is 0 Å². The lowest BCUT2D eigenvalue weighted by Gasteiger charge is -1.99. The Labute approximate surface area is 75.8 Å². The van der Waals surface area contributed by atoms with Gasteiger partial charge >= 0.3 is 0 Å². The third-order valence-electron chi connectivity index (χ3n) is 1.46. The number of benzene rings is 1. The molecule has 1 N–H and O–H groups in total. The first-order valence-corrected chi connectivity index (χ1v) is 4.53. The summed E-state index contributed by atoms with van der Waals surface area (Å²) in [4.78, 5) is 0. The van der Waals surface area contributed by atoms with Crippen LogP contribution < -0.4 is 5.32 Å². The maximum atomic E-state index is 3.11. The Morgan fingerprint density at radius 2 is 1.92 bits per heavy atom.